The van der Waals surface area contributed by atoms with Crippen molar-refractivity contribution in [2.45, 2.75) is 45.1 Å². The molecule has 1 heterocycles. The number of piperazine rings is 1. The molecular weight excluding hydrogens is 234 g/mol. The first-order valence-corrected chi connectivity index (χ1v) is 6.43. The maximum absolute atomic E-state index is 12.0. The smallest absolute Gasteiger partial charge is 0.249 e. The highest BCUT2D eigenvalue weighted by Crippen LogP contribution is 2.12. The summed E-state index contributed by atoms with van der Waals surface area (Å²) in [5, 5.41) is 2.25. The zero-order valence-corrected chi connectivity index (χ0v) is 10.8. The third-order valence-electron chi connectivity index (χ3n) is 3.06. The molecule has 6 heteroatoms. The lowest BCUT2D eigenvalue weighted by Crippen LogP contribution is -2.59. The molecule has 18 heavy (non-hydrogen) atoms. The van der Waals surface area contributed by atoms with E-state index in [9.17, 15) is 14.4 Å². The van der Waals surface area contributed by atoms with Gasteiger partial charge >= 0.3 is 0 Å². The van der Waals surface area contributed by atoms with Crippen LogP contribution in [-0.2, 0) is 14.4 Å². The van der Waals surface area contributed by atoms with Crippen molar-refractivity contribution in [2.24, 2.45) is 5.73 Å². The number of carbonyl (C=O) groups is 3. The van der Waals surface area contributed by atoms with Crippen LogP contribution in [0, 0.1) is 0 Å². The molecular formula is C12H21N3O3. The van der Waals surface area contributed by atoms with Gasteiger partial charge in [0.05, 0.1) is 0 Å². The van der Waals surface area contributed by atoms with Gasteiger partial charge in [0.1, 0.15) is 12.6 Å². The standard InChI is InChI=1S/C12H21N3O3/c1-2-9-12(18)14-10(16)8-15(9)11(17)6-4-3-5-7-13/h9H,2-8,13H2,1H3,(H,14,16,18). The largest absolute Gasteiger partial charge is 0.330 e. The molecule has 6 nitrogen and oxygen atoms in total. The predicted molar refractivity (Wildman–Crippen MR) is 66.5 cm³/mol. The lowest BCUT2D eigenvalue weighted by atomic mass is 10.1. The second-order valence-electron chi connectivity index (χ2n) is 4.46. The molecule has 1 fully saturated rings. The summed E-state index contributed by atoms with van der Waals surface area (Å²) in [5.74, 6) is -0.897. The molecule has 1 rings (SSSR count). The number of hydrogen-bond donors (Lipinski definition) is 2. The van der Waals surface area contributed by atoms with Gasteiger partial charge in [0.25, 0.3) is 0 Å². The SMILES string of the molecule is CCC1C(=O)NC(=O)CN1C(=O)CCCCCN. The average molecular weight is 255 g/mol. The molecule has 1 atom stereocenters. The van der Waals surface area contributed by atoms with Crippen molar-refractivity contribution in [1.82, 2.24) is 10.2 Å². The highest BCUT2D eigenvalue weighted by molar-refractivity contribution is 6.04. The van der Waals surface area contributed by atoms with Crippen molar-refractivity contribution in [3.05, 3.63) is 0 Å². The summed E-state index contributed by atoms with van der Waals surface area (Å²) in [5.41, 5.74) is 5.38. The van der Waals surface area contributed by atoms with Gasteiger partial charge < -0.3 is 10.6 Å². The number of nitrogens with two attached hydrogens (primary N) is 1. The highest BCUT2D eigenvalue weighted by Gasteiger charge is 2.34. The summed E-state index contributed by atoms with van der Waals surface area (Å²) < 4.78 is 0. The molecule has 0 aromatic carbocycles. The number of amides is 3. The van der Waals surface area contributed by atoms with Crippen LogP contribution in [0.4, 0.5) is 0 Å². The molecule has 3 amide bonds. The molecule has 102 valence electrons. The van der Waals surface area contributed by atoms with Crippen LogP contribution in [0.5, 0.6) is 0 Å². The Morgan fingerprint density at radius 2 is 2.11 bits per heavy atom. The molecule has 1 aliphatic rings. The van der Waals surface area contributed by atoms with Crippen molar-refractivity contribution in [3.8, 4) is 0 Å². The third kappa shape index (κ3) is 3.80. The van der Waals surface area contributed by atoms with E-state index < -0.39 is 11.9 Å². The van der Waals surface area contributed by atoms with E-state index in [-0.39, 0.29) is 18.4 Å². The number of rotatable bonds is 6. The second kappa shape index (κ2) is 7.10. The zero-order valence-electron chi connectivity index (χ0n) is 10.8. The predicted octanol–water partition coefficient (Wildman–Crippen LogP) is -0.231. The van der Waals surface area contributed by atoms with E-state index >= 15 is 0 Å². The summed E-state index contributed by atoms with van der Waals surface area (Å²) in [4.78, 5) is 36.2. The quantitative estimate of drug-likeness (QED) is 0.506. The molecule has 0 bridgehead atoms. The van der Waals surface area contributed by atoms with Crippen LogP contribution in [0.3, 0.4) is 0 Å². The number of carbonyl (C=O) groups excluding carboxylic acids is 3. The Labute approximate surface area is 107 Å². The monoisotopic (exact) mass is 255 g/mol. The number of hydrogen-bond acceptors (Lipinski definition) is 4. The minimum absolute atomic E-state index is 0.0139. The van der Waals surface area contributed by atoms with Crippen molar-refractivity contribution in [1.29, 1.82) is 0 Å². The van der Waals surface area contributed by atoms with Crippen LogP contribution in [0.2, 0.25) is 0 Å². The number of unbranched alkanes of at least 4 members (excludes halogenated alkanes) is 2. The van der Waals surface area contributed by atoms with E-state index in [4.69, 9.17) is 5.73 Å². The van der Waals surface area contributed by atoms with E-state index in [0.717, 1.165) is 19.3 Å². The Morgan fingerprint density at radius 3 is 2.72 bits per heavy atom. The molecule has 0 aromatic rings. The zero-order chi connectivity index (χ0) is 13.5. The van der Waals surface area contributed by atoms with Crippen molar-refractivity contribution in [2.75, 3.05) is 13.1 Å². The fourth-order valence-electron chi connectivity index (χ4n) is 2.08. The van der Waals surface area contributed by atoms with Crippen molar-refractivity contribution < 1.29 is 14.4 Å². The van der Waals surface area contributed by atoms with Crippen molar-refractivity contribution >= 4 is 17.7 Å². The van der Waals surface area contributed by atoms with Gasteiger partial charge in [0, 0.05) is 6.42 Å². The molecule has 1 aliphatic heterocycles. The molecule has 0 saturated carbocycles. The topological polar surface area (TPSA) is 92.5 Å². The first-order chi connectivity index (χ1) is 8.60. The number of nitrogens with zero attached hydrogens (tertiary/aromatic N) is 1. The van der Waals surface area contributed by atoms with Gasteiger partial charge in [-0.25, -0.2) is 0 Å². The lowest BCUT2D eigenvalue weighted by Gasteiger charge is -2.33. The maximum Gasteiger partial charge on any atom is 0.249 e. The Balaban J connectivity index is 2.52. The first kappa shape index (κ1) is 14.6. The minimum atomic E-state index is -0.510. The molecule has 1 unspecified atom stereocenters. The summed E-state index contributed by atoms with van der Waals surface area (Å²) in [6.07, 6.45) is 3.43. The van der Waals surface area contributed by atoms with E-state index in [0.29, 0.717) is 19.4 Å². The normalized spacial score (nSPS) is 19.9. The van der Waals surface area contributed by atoms with Gasteiger partial charge in [-0.05, 0) is 25.8 Å². The van der Waals surface area contributed by atoms with E-state index in [1.54, 1.807) is 0 Å². The van der Waals surface area contributed by atoms with Crippen LogP contribution in [0.15, 0.2) is 0 Å². The molecule has 0 aliphatic carbocycles. The summed E-state index contributed by atoms with van der Waals surface area (Å²) >= 11 is 0. The van der Waals surface area contributed by atoms with Crippen LogP contribution in [-0.4, -0.2) is 41.8 Å². The first-order valence-electron chi connectivity index (χ1n) is 6.43. The van der Waals surface area contributed by atoms with Gasteiger partial charge in [-0.2, -0.15) is 0 Å². The Morgan fingerprint density at radius 1 is 1.39 bits per heavy atom. The van der Waals surface area contributed by atoms with Gasteiger partial charge in [0.2, 0.25) is 17.7 Å². The molecule has 0 aromatic heterocycles. The van der Waals surface area contributed by atoms with Gasteiger partial charge in [-0.1, -0.05) is 13.3 Å². The Hall–Kier alpha value is -1.43. The van der Waals surface area contributed by atoms with Crippen molar-refractivity contribution in [3.63, 3.8) is 0 Å². The van der Waals surface area contributed by atoms with Crippen LogP contribution in [0.1, 0.15) is 39.0 Å². The maximum atomic E-state index is 12.0. The van der Waals surface area contributed by atoms with Gasteiger partial charge in [0.15, 0.2) is 0 Å². The van der Waals surface area contributed by atoms with Crippen LogP contribution >= 0.6 is 0 Å². The minimum Gasteiger partial charge on any atom is -0.330 e. The second-order valence-corrected chi connectivity index (χ2v) is 4.46. The van der Waals surface area contributed by atoms with E-state index in [2.05, 4.69) is 5.32 Å². The molecule has 0 spiro atoms. The fourth-order valence-corrected chi connectivity index (χ4v) is 2.08. The average Bonchev–Trinajstić information content (AvgIpc) is 2.33. The van der Waals surface area contributed by atoms with Crippen LogP contribution in [0.25, 0.3) is 0 Å². The number of imide groups is 1. The fraction of sp³-hybridized carbons (Fsp3) is 0.750. The Kier molecular flexibility index (Phi) is 5.77. The number of nitrogens with one attached hydrogen (secondary N) is 1. The highest BCUT2D eigenvalue weighted by atomic mass is 16.2. The summed E-state index contributed by atoms with van der Waals surface area (Å²) in [7, 11) is 0. The Bertz CT molecular complexity index is 331. The third-order valence-corrected chi connectivity index (χ3v) is 3.06. The lowest BCUT2D eigenvalue weighted by molar-refractivity contribution is -0.150. The molecule has 3 N–H and O–H groups in total. The van der Waals surface area contributed by atoms with Gasteiger partial charge in [-0.15, -0.1) is 0 Å². The summed E-state index contributed by atoms with van der Waals surface area (Å²) in [6, 6.07) is -0.510. The molecule has 1 saturated heterocycles. The van der Waals surface area contributed by atoms with Gasteiger partial charge in [-0.3, -0.25) is 19.7 Å². The van der Waals surface area contributed by atoms with E-state index in [1.165, 1.54) is 4.90 Å². The summed E-state index contributed by atoms with van der Waals surface area (Å²) in [6.45, 7) is 2.44. The molecule has 0 radical (unpaired) electrons. The van der Waals surface area contributed by atoms with Crippen LogP contribution < -0.4 is 11.1 Å². The van der Waals surface area contributed by atoms with E-state index in [1.807, 2.05) is 6.92 Å².